The van der Waals surface area contributed by atoms with Gasteiger partial charge in [0.2, 0.25) is 5.69 Å². The van der Waals surface area contributed by atoms with E-state index >= 15 is 0 Å². The Morgan fingerprint density at radius 1 is 1.43 bits per heavy atom. The summed E-state index contributed by atoms with van der Waals surface area (Å²) in [7, 11) is 0. The standard InChI is InChI=1S/C10H5F3N4O4/c11-10(12,13)5-1-2-14-7(3-5)16-4-6(17(20)21)8(15-16)9(18)19/h1-4H,(H,18,19). The van der Waals surface area contributed by atoms with E-state index in [1.165, 1.54) is 0 Å². The predicted molar refractivity (Wildman–Crippen MR) is 60.0 cm³/mol. The Bertz CT molecular complexity index is 694. The van der Waals surface area contributed by atoms with E-state index in [4.69, 9.17) is 5.11 Å². The van der Waals surface area contributed by atoms with Crippen molar-refractivity contribution in [2.75, 3.05) is 0 Å². The van der Waals surface area contributed by atoms with E-state index in [1.54, 1.807) is 0 Å². The van der Waals surface area contributed by atoms with Gasteiger partial charge < -0.3 is 5.11 Å². The average molecular weight is 302 g/mol. The first-order chi connectivity index (χ1) is 9.70. The maximum atomic E-state index is 12.6. The summed E-state index contributed by atoms with van der Waals surface area (Å²) in [5.41, 5.74) is -2.77. The van der Waals surface area contributed by atoms with E-state index in [0.29, 0.717) is 23.0 Å². The number of carboxylic acids is 1. The number of aromatic carboxylic acids is 1. The van der Waals surface area contributed by atoms with Crippen LogP contribution < -0.4 is 0 Å². The summed E-state index contributed by atoms with van der Waals surface area (Å²) in [6.45, 7) is 0. The Morgan fingerprint density at radius 2 is 2.10 bits per heavy atom. The monoisotopic (exact) mass is 302 g/mol. The lowest BCUT2D eigenvalue weighted by Gasteiger charge is -2.07. The second kappa shape index (κ2) is 4.85. The molecule has 0 aromatic carbocycles. The molecule has 0 atom stereocenters. The lowest BCUT2D eigenvalue weighted by atomic mass is 10.2. The molecular formula is C10H5F3N4O4. The molecule has 1 N–H and O–H groups in total. The molecule has 2 heterocycles. The highest BCUT2D eigenvalue weighted by Gasteiger charge is 2.31. The van der Waals surface area contributed by atoms with Crippen molar-refractivity contribution in [3.63, 3.8) is 0 Å². The minimum atomic E-state index is -4.63. The first-order valence-electron chi connectivity index (χ1n) is 5.21. The van der Waals surface area contributed by atoms with Gasteiger partial charge in [0.25, 0.3) is 0 Å². The van der Waals surface area contributed by atoms with E-state index < -0.39 is 34.0 Å². The van der Waals surface area contributed by atoms with Gasteiger partial charge in [-0.25, -0.2) is 14.5 Å². The molecule has 0 radical (unpaired) electrons. The van der Waals surface area contributed by atoms with Gasteiger partial charge >= 0.3 is 17.8 Å². The molecular weight excluding hydrogens is 297 g/mol. The fourth-order valence-electron chi connectivity index (χ4n) is 1.49. The van der Waals surface area contributed by atoms with Gasteiger partial charge in [0.15, 0.2) is 5.82 Å². The van der Waals surface area contributed by atoms with Crippen LogP contribution in [-0.2, 0) is 6.18 Å². The third kappa shape index (κ3) is 2.80. The second-order valence-corrected chi connectivity index (χ2v) is 3.77. The second-order valence-electron chi connectivity index (χ2n) is 3.77. The molecule has 11 heteroatoms. The molecule has 0 aliphatic heterocycles. The van der Waals surface area contributed by atoms with Gasteiger partial charge in [0.1, 0.15) is 6.20 Å². The Hall–Kier alpha value is -2.98. The van der Waals surface area contributed by atoms with Crippen molar-refractivity contribution in [3.8, 4) is 5.82 Å². The van der Waals surface area contributed by atoms with Gasteiger partial charge in [-0.15, -0.1) is 0 Å². The highest BCUT2D eigenvalue weighted by Crippen LogP contribution is 2.30. The molecule has 0 aliphatic rings. The van der Waals surface area contributed by atoms with Crippen LogP contribution in [0.1, 0.15) is 16.1 Å². The maximum absolute atomic E-state index is 12.6. The summed E-state index contributed by atoms with van der Waals surface area (Å²) in [6.07, 6.45) is -3.11. The largest absolute Gasteiger partial charge is 0.476 e. The summed E-state index contributed by atoms with van der Waals surface area (Å²) < 4.78 is 38.3. The van der Waals surface area contributed by atoms with Crippen LogP contribution in [0, 0.1) is 10.1 Å². The third-order valence-corrected chi connectivity index (χ3v) is 2.40. The number of carboxylic acid groups (broad SMARTS) is 1. The topological polar surface area (TPSA) is 111 Å². The van der Waals surface area contributed by atoms with Crippen molar-refractivity contribution >= 4 is 11.7 Å². The lowest BCUT2D eigenvalue weighted by molar-refractivity contribution is -0.385. The molecule has 0 saturated carbocycles. The van der Waals surface area contributed by atoms with Gasteiger partial charge in [-0.3, -0.25) is 10.1 Å². The highest BCUT2D eigenvalue weighted by atomic mass is 19.4. The van der Waals surface area contributed by atoms with Gasteiger partial charge in [0, 0.05) is 6.20 Å². The van der Waals surface area contributed by atoms with Crippen molar-refractivity contribution in [2.24, 2.45) is 0 Å². The molecule has 0 amide bonds. The molecule has 110 valence electrons. The number of alkyl halides is 3. The molecule has 2 aromatic heterocycles. The van der Waals surface area contributed by atoms with Crippen LogP contribution in [0.25, 0.3) is 5.82 Å². The maximum Gasteiger partial charge on any atom is 0.416 e. The molecule has 0 fully saturated rings. The van der Waals surface area contributed by atoms with Crippen LogP contribution >= 0.6 is 0 Å². The molecule has 0 aliphatic carbocycles. The van der Waals surface area contributed by atoms with Crippen LogP contribution in [0.4, 0.5) is 18.9 Å². The molecule has 0 spiro atoms. The van der Waals surface area contributed by atoms with Crippen LogP contribution in [-0.4, -0.2) is 30.8 Å². The van der Waals surface area contributed by atoms with Gasteiger partial charge in [0.05, 0.1) is 10.5 Å². The fraction of sp³-hybridized carbons (Fsp3) is 0.100. The molecule has 0 unspecified atom stereocenters. The normalized spacial score (nSPS) is 11.4. The van der Waals surface area contributed by atoms with E-state index in [9.17, 15) is 28.1 Å². The zero-order chi connectivity index (χ0) is 15.8. The van der Waals surface area contributed by atoms with Crippen LogP contribution in [0.15, 0.2) is 24.5 Å². The quantitative estimate of drug-likeness (QED) is 0.684. The van der Waals surface area contributed by atoms with Crippen molar-refractivity contribution in [1.82, 2.24) is 14.8 Å². The number of carbonyl (C=O) groups is 1. The van der Waals surface area contributed by atoms with Crippen molar-refractivity contribution < 1.29 is 28.0 Å². The van der Waals surface area contributed by atoms with Gasteiger partial charge in [-0.05, 0) is 12.1 Å². The Kier molecular flexibility index (Phi) is 3.33. The summed E-state index contributed by atoms with van der Waals surface area (Å²) in [5, 5.41) is 22.8. The van der Waals surface area contributed by atoms with E-state index in [1.807, 2.05) is 0 Å². The van der Waals surface area contributed by atoms with E-state index in [0.717, 1.165) is 6.20 Å². The van der Waals surface area contributed by atoms with Crippen LogP contribution in [0.3, 0.4) is 0 Å². The highest BCUT2D eigenvalue weighted by molar-refractivity contribution is 5.89. The summed E-state index contributed by atoms with van der Waals surface area (Å²) in [6, 6.07) is 1.31. The number of aromatic nitrogens is 3. The SMILES string of the molecule is O=C(O)c1nn(-c2cc(C(F)(F)F)ccn2)cc1[N+](=O)[O-]. The van der Waals surface area contributed by atoms with Crippen LogP contribution in [0.2, 0.25) is 0 Å². The summed E-state index contributed by atoms with van der Waals surface area (Å²) in [4.78, 5) is 24.1. The average Bonchev–Trinajstić information content (AvgIpc) is 2.83. The smallest absolute Gasteiger partial charge is 0.416 e. The molecule has 2 rings (SSSR count). The number of halogens is 3. The number of hydrogen-bond donors (Lipinski definition) is 1. The molecule has 21 heavy (non-hydrogen) atoms. The predicted octanol–water partition coefficient (Wildman–Crippen LogP) is 1.89. The number of pyridine rings is 1. The minimum Gasteiger partial charge on any atom is -0.476 e. The number of nitro groups is 1. The minimum absolute atomic E-state index is 0.388. The van der Waals surface area contributed by atoms with E-state index in [2.05, 4.69) is 10.1 Å². The summed E-state index contributed by atoms with van der Waals surface area (Å²) >= 11 is 0. The number of rotatable bonds is 3. The Balaban J connectivity index is 2.55. The van der Waals surface area contributed by atoms with Crippen LogP contribution in [0.5, 0.6) is 0 Å². The Morgan fingerprint density at radius 3 is 2.57 bits per heavy atom. The van der Waals surface area contributed by atoms with Crippen molar-refractivity contribution in [1.29, 1.82) is 0 Å². The van der Waals surface area contributed by atoms with Crippen molar-refractivity contribution in [2.45, 2.75) is 6.18 Å². The third-order valence-electron chi connectivity index (χ3n) is 2.40. The zero-order valence-electron chi connectivity index (χ0n) is 9.90. The molecule has 0 bridgehead atoms. The fourth-order valence-corrected chi connectivity index (χ4v) is 1.49. The molecule has 0 saturated heterocycles. The number of hydrogen-bond acceptors (Lipinski definition) is 5. The molecule has 2 aromatic rings. The van der Waals surface area contributed by atoms with Gasteiger partial charge in [-0.1, -0.05) is 0 Å². The van der Waals surface area contributed by atoms with Crippen molar-refractivity contribution in [3.05, 3.63) is 45.9 Å². The summed E-state index contributed by atoms with van der Waals surface area (Å²) in [5.74, 6) is -2.06. The van der Waals surface area contributed by atoms with Gasteiger partial charge in [-0.2, -0.15) is 18.3 Å². The first kappa shape index (κ1) is 14.4. The Labute approximate surface area is 113 Å². The number of nitrogens with zero attached hydrogens (tertiary/aromatic N) is 4. The van der Waals surface area contributed by atoms with E-state index in [-0.39, 0.29) is 5.82 Å². The lowest BCUT2D eigenvalue weighted by Crippen LogP contribution is -2.08. The zero-order valence-corrected chi connectivity index (χ0v) is 9.90. The first-order valence-corrected chi connectivity index (χ1v) is 5.21. The molecule has 8 nitrogen and oxygen atoms in total.